The molecule has 0 atom stereocenters. The Balaban J connectivity index is 1.69. The summed E-state index contributed by atoms with van der Waals surface area (Å²) in [6.45, 7) is 2.64. The SMILES string of the molecule is COC(=O)C1CN(C(=O)c2ccc3c(-c4ccccc4C)cc(=O)oc3c2)C1. The molecule has 1 saturated heterocycles. The monoisotopic (exact) mass is 377 g/mol. The van der Waals surface area contributed by atoms with E-state index in [1.54, 1.807) is 23.1 Å². The van der Waals surface area contributed by atoms with E-state index in [9.17, 15) is 14.4 Å². The number of likely N-dealkylation sites (tertiary alicyclic amines) is 1. The average Bonchev–Trinajstić information content (AvgIpc) is 2.65. The first kappa shape index (κ1) is 18.0. The number of amides is 1. The predicted molar refractivity (Wildman–Crippen MR) is 104 cm³/mol. The van der Waals surface area contributed by atoms with Gasteiger partial charge >= 0.3 is 11.6 Å². The molecule has 0 aliphatic carbocycles. The molecule has 4 rings (SSSR count). The second-order valence-corrected chi connectivity index (χ2v) is 6.94. The highest BCUT2D eigenvalue weighted by Gasteiger charge is 2.36. The Hall–Kier alpha value is -3.41. The lowest BCUT2D eigenvalue weighted by atomic mass is 9.96. The minimum Gasteiger partial charge on any atom is -0.469 e. The van der Waals surface area contributed by atoms with Crippen molar-refractivity contribution in [2.75, 3.05) is 20.2 Å². The van der Waals surface area contributed by atoms with E-state index < -0.39 is 5.63 Å². The van der Waals surface area contributed by atoms with E-state index in [2.05, 4.69) is 0 Å². The molecule has 2 heterocycles. The van der Waals surface area contributed by atoms with Gasteiger partial charge in [0.05, 0.1) is 13.0 Å². The molecule has 3 aromatic rings. The Morgan fingerprint density at radius 2 is 1.82 bits per heavy atom. The van der Waals surface area contributed by atoms with Crippen molar-refractivity contribution in [2.45, 2.75) is 6.92 Å². The summed E-state index contributed by atoms with van der Waals surface area (Å²) in [5.74, 6) is -0.789. The molecule has 142 valence electrons. The highest BCUT2D eigenvalue weighted by atomic mass is 16.5. The van der Waals surface area contributed by atoms with Crippen molar-refractivity contribution < 1.29 is 18.7 Å². The molecule has 0 N–H and O–H groups in total. The van der Waals surface area contributed by atoms with Gasteiger partial charge in [0.25, 0.3) is 5.91 Å². The normalized spacial score (nSPS) is 14.0. The zero-order valence-corrected chi connectivity index (χ0v) is 15.6. The lowest BCUT2D eigenvalue weighted by Crippen LogP contribution is -2.53. The summed E-state index contributed by atoms with van der Waals surface area (Å²) in [6, 6.07) is 14.4. The number of methoxy groups -OCH3 is 1. The number of carbonyl (C=O) groups is 2. The van der Waals surface area contributed by atoms with Gasteiger partial charge in [-0.1, -0.05) is 24.3 Å². The van der Waals surface area contributed by atoms with Crippen LogP contribution in [0.3, 0.4) is 0 Å². The van der Waals surface area contributed by atoms with E-state index in [0.29, 0.717) is 24.2 Å². The maximum Gasteiger partial charge on any atom is 0.336 e. The molecule has 6 heteroatoms. The van der Waals surface area contributed by atoms with Crippen LogP contribution in [0.25, 0.3) is 22.1 Å². The van der Waals surface area contributed by atoms with Gasteiger partial charge in [-0.05, 0) is 36.2 Å². The van der Waals surface area contributed by atoms with E-state index >= 15 is 0 Å². The number of aryl methyl sites for hydroxylation is 1. The van der Waals surface area contributed by atoms with Gasteiger partial charge in [0.1, 0.15) is 5.58 Å². The highest BCUT2D eigenvalue weighted by Crippen LogP contribution is 2.30. The molecule has 2 aromatic carbocycles. The van der Waals surface area contributed by atoms with Crippen molar-refractivity contribution in [1.29, 1.82) is 0 Å². The molecule has 0 bridgehead atoms. The molecule has 0 saturated carbocycles. The minimum atomic E-state index is -0.468. The Morgan fingerprint density at radius 1 is 1.07 bits per heavy atom. The predicted octanol–water partition coefficient (Wildman–Crippen LogP) is 3.01. The lowest BCUT2D eigenvalue weighted by molar-refractivity contribution is -0.149. The van der Waals surface area contributed by atoms with Crippen LogP contribution in [0.5, 0.6) is 0 Å². The zero-order valence-electron chi connectivity index (χ0n) is 15.6. The van der Waals surface area contributed by atoms with Crippen LogP contribution in [0.15, 0.2) is 57.7 Å². The maximum absolute atomic E-state index is 12.7. The van der Waals surface area contributed by atoms with Crippen molar-refractivity contribution in [3.8, 4) is 11.1 Å². The first-order valence-corrected chi connectivity index (χ1v) is 8.99. The molecular formula is C22H19NO5. The third-order valence-electron chi connectivity index (χ3n) is 5.13. The van der Waals surface area contributed by atoms with Crippen LogP contribution in [0.1, 0.15) is 15.9 Å². The molecule has 0 unspecified atom stereocenters. The van der Waals surface area contributed by atoms with Gasteiger partial charge in [-0.3, -0.25) is 9.59 Å². The quantitative estimate of drug-likeness (QED) is 0.518. The van der Waals surface area contributed by atoms with Gasteiger partial charge in [0.15, 0.2) is 0 Å². The first-order chi connectivity index (χ1) is 13.5. The first-order valence-electron chi connectivity index (χ1n) is 8.99. The summed E-state index contributed by atoms with van der Waals surface area (Å²) in [4.78, 5) is 37.9. The number of rotatable bonds is 3. The van der Waals surface area contributed by atoms with E-state index in [-0.39, 0.29) is 17.8 Å². The maximum atomic E-state index is 12.7. The van der Waals surface area contributed by atoms with E-state index in [0.717, 1.165) is 22.1 Å². The second kappa shape index (κ2) is 6.96. The van der Waals surface area contributed by atoms with Gasteiger partial charge < -0.3 is 14.1 Å². The third-order valence-corrected chi connectivity index (χ3v) is 5.13. The number of benzene rings is 2. The molecule has 1 aliphatic heterocycles. The summed E-state index contributed by atoms with van der Waals surface area (Å²) >= 11 is 0. The molecule has 1 aromatic heterocycles. The fraction of sp³-hybridized carbons (Fsp3) is 0.227. The molecule has 28 heavy (non-hydrogen) atoms. The second-order valence-electron chi connectivity index (χ2n) is 6.94. The third kappa shape index (κ3) is 3.07. The van der Waals surface area contributed by atoms with Gasteiger partial charge in [0, 0.05) is 35.7 Å². The number of carbonyl (C=O) groups excluding carboxylic acids is 2. The molecule has 1 amide bonds. The minimum absolute atomic E-state index is 0.203. The summed E-state index contributed by atoms with van der Waals surface area (Å²) in [7, 11) is 1.34. The fourth-order valence-corrected chi connectivity index (χ4v) is 3.54. The number of hydrogen-bond acceptors (Lipinski definition) is 5. The average molecular weight is 377 g/mol. The molecule has 0 radical (unpaired) electrons. The number of ether oxygens (including phenoxy) is 1. The van der Waals surface area contributed by atoms with Gasteiger partial charge in [-0.25, -0.2) is 4.79 Å². The summed E-state index contributed by atoms with van der Waals surface area (Å²) in [5.41, 5.74) is 3.08. The van der Waals surface area contributed by atoms with Crippen molar-refractivity contribution in [1.82, 2.24) is 4.90 Å². The molecule has 0 spiro atoms. The van der Waals surface area contributed by atoms with Crippen LogP contribution in [-0.4, -0.2) is 37.0 Å². The number of fused-ring (bicyclic) bond motifs is 1. The van der Waals surface area contributed by atoms with Gasteiger partial charge in [0.2, 0.25) is 0 Å². The Morgan fingerprint density at radius 3 is 2.54 bits per heavy atom. The standard InChI is InChI=1S/C22H19NO5/c1-13-5-3-4-6-16(13)18-10-20(24)28-19-9-14(7-8-17(18)19)21(25)23-11-15(12-23)22(26)27-2/h3-10,15H,11-12H2,1-2H3. The van der Waals surface area contributed by atoms with Crippen LogP contribution in [0, 0.1) is 12.8 Å². The van der Waals surface area contributed by atoms with Gasteiger partial charge in [-0.2, -0.15) is 0 Å². The topological polar surface area (TPSA) is 76.8 Å². The van der Waals surface area contributed by atoms with Crippen LogP contribution in [0.4, 0.5) is 0 Å². The Labute approximate surface area is 161 Å². The van der Waals surface area contributed by atoms with Crippen molar-refractivity contribution in [3.05, 3.63) is 70.1 Å². The molecular weight excluding hydrogens is 358 g/mol. The summed E-state index contributed by atoms with van der Waals surface area (Å²) in [6.07, 6.45) is 0. The van der Waals surface area contributed by atoms with Crippen LogP contribution >= 0.6 is 0 Å². The Bertz CT molecular complexity index is 1140. The van der Waals surface area contributed by atoms with Crippen LogP contribution in [-0.2, 0) is 9.53 Å². The van der Waals surface area contributed by atoms with E-state index in [1.165, 1.54) is 13.2 Å². The highest BCUT2D eigenvalue weighted by molar-refractivity contribution is 6.01. The number of esters is 1. The number of nitrogens with zero attached hydrogens (tertiary/aromatic N) is 1. The lowest BCUT2D eigenvalue weighted by Gasteiger charge is -2.37. The van der Waals surface area contributed by atoms with Gasteiger partial charge in [-0.15, -0.1) is 0 Å². The van der Waals surface area contributed by atoms with Crippen molar-refractivity contribution >= 4 is 22.8 Å². The zero-order chi connectivity index (χ0) is 19.8. The van der Waals surface area contributed by atoms with E-state index in [4.69, 9.17) is 9.15 Å². The largest absolute Gasteiger partial charge is 0.469 e. The van der Waals surface area contributed by atoms with Crippen molar-refractivity contribution in [2.24, 2.45) is 5.92 Å². The molecule has 1 aliphatic rings. The van der Waals surface area contributed by atoms with E-state index in [1.807, 2.05) is 31.2 Å². The summed E-state index contributed by atoms with van der Waals surface area (Å²) in [5, 5.41) is 0.765. The summed E-state index contributed by atoms with van der Waals surface area (Å²) < 4.78 is 10.1. The smallest absolute Gasteiger partial charge is 0.336 e. The number of hydrogen-bond donors (Lipinski definition) is 0. The fourth-order valence-electron chi connectivity index (χ4n) is 3.54. The van der Waals surface area contributed by atoms with Crippen LogP contribution in [0.2, 0.25) is 0 Å². The Kier molecular flexibility index (Phi) is 4.47. The molecule has 6 nitrogen and oxygen atoms in total. The van der Waals surface area contributed by atoms with Crippen molar-refractivity contribution in [3.63, 3.8) is 0 Å². The van der Waals surface area contributed by atoms with Crippen LogP contribution < -0.4 is 5.63 Å². The molecule has 1 fully saturated rings.